The first-order valence-electron chi connectivity index (χ1n) is 10.2. The van der Waals surface area contributed by atoms with Crippen LogP contribution in [-0.2, 0) is 0 Å². The van der Waals surface area contributed by atoms with E-state index in [0.29, 0.717) is 46.4 Å². The molecule has 164 valence electrons. The molecule has 33 heavy (non-hydrogen) atoms. The summed E-state index contributed by atoms with van der Waals surface area (Å²) in [7, 11) is 1.75. The van der Waals surface area contributed by atoms with Crippen molar-refractivity contribution in [2.24, 2.45) is 0 Å². The number of hydrogen-bond acceptors (Lipinski definition) is 7. The normalized spacial score (nSPS) is 10.4. The third-order valence-electron chi connectivity index (χ3n) is 4.85. The standard InChI is InChI=1S/C25H21N5O3/c1-16-13-19(29-23(32)18-6-3-5-17(14-18)15-31)8-9-22(16)33-24-20(7-4-11-27-24)21-10-12-28-25(26-2)30-21/h3-15H,1-2H3,(H,29,32)(H,26,28,30). The molecule has 2 N–H and O–H groups in total. The minimum absolute atomic E-state index is 0.303. The van der Waals surface area contributed by atoms with Crippen LogP contribution in [0, 0.1) is 6.92 Å². The summed E-state index contributed by atoms with van der Waals surface area (Å²) in [5.41, 5.74) is 3.67. The number of amides is 1. The first-order valence-corrected chi connectivity index (χ1v) is 10.2. The summed E-state index contributed by atoms with van der Waals surface area (Å²) in [6.45, 7) is 1.88. The van der Waals surface area contributed by atoms with E-state index in [9.17, 15) is 9.59 Å². The number of carbonyl (C=O) groups excluding carboxylic acids is 2. The Bertz CT molecular complexity index is 1320. The number of pyridine rings is 1. The Kier molecular flexibility index (Phi) is 6.36. The fourth-order valence-corrected chi connectivity index (χ4v) is 3.20. The minimum Gasteiger partial charge on any atom is -0.438 e. The van der Waals surface area contributed by atoms with Crippen LogP contribution in [0.25, 0.3) is 11.3 Å². The predicted octanol–water partition coefficient (Wildman–Crippen LogP) is 4.75. The van der Waals surface area contributed by atoms with Crippen molar-refractivity contribution in [3.63, 3.8) is 0 Å². The van der Waals surface area contributed by atoms with Crippen LogP contribution in [0.1, 0.15) is 26.3 Å². The maximum Gasteiger partial charge on any atom is 0.255 e. The molecule has 0 aliphatic rings. The number of aromatic nitrogens is 3. The monoisotopic (exact) mass is 439 g/mol. The highest BCUT2D eigenvalue weighted by molar-refractivity contribution is 6.05. The molecule has 0 aliphatic carbocycles. The van der Waals surface area contributed by atoms with Crippen LogP contribution < -0.4 is 15.4 Å². The lowest BCUT2D eigenvalue weighted by Gasteiger charge is -2.13. The Labute approximate surface area is 190 Å². The number of aldehydes is 1. The van der Waals surface area contributed by atoms with Gasteiger partial charge in [-0.05, 0) is 61.0 Å². The Morgan fingerprint density at radius 3 is 2.67 bits per heavy atom. The number of nitrogens with zero attached hydrogens (tertiary/aromatic N) is 3. The summed E-state index contributed by atoms with van der Waals surface area (Å²) in [6, 6.07) is 17.3. The van der Waals surface area contributed by atoms with Crippen LogP contribution in [0.5, 0.6) is 11.6 Å². The molecule has 4 aromatic rings. The number of hydrogen-bond donors (Lipinski definition) is 2. The second kappa shape index (κ2) is 9.69. The van der Waals surface area contributed by atoms with E-state index >= 15 is 0 Å². The number of ether oxygens (including phenoxy) is 1. The van der Waals surface area contributed by atoms with E-state index < -0.39 is 0 Å². The Balaban J connectivity index is 1.55. The van der Waals surface area contributed by atoms with Gasteiger partial charge in [0, 0.05) is 36.3 Å². The molecule has 0 saturated heterocycles. The lowest BCUT2D eigenvalue weighted by molar-refractivity contribution is 0.102. The van der Waals surface area contributed by atoms with Gasteiger partial charge in [0.25, 0.3) is 5.91 Å². The largest absolute Gasteiger partial charge is 0.438 e. The molecule has 0 radical (unpaired) electrons. The average Bonchev–Trinajstić information content (AvgIpc) is 2.86. The van der Waals surface area contributed by atoms with Gasteiger partial charge >= 0.3 is 0 Å². The van der Waals surface area contributed by atoms with Crippen LogP contribution in [0.15, 0.2) is 73.1 Å². The van der Waals surface area contributed by atoms with E-state index in [2.05, 4.69) is 25.6 Å². The van der Waals surface area contributed by atoms with Crippen molar-refractivity contribution < 1.29 is 14.3 Å². The van der Waals surface area contributed by atoms with E-state index in [0.717, 1.165) is 11.1 Å². The molecule has 0 bridgehead atoms. The van der Waals surface area contributed by atoms with E-state index in [1.54, 1.807) is 61.9 Å². The summed E-state index contributed by atoms with van der Waals surface area (Å²) in [6.07, 6.45) is 4.02. The SMILES string of the molecule is CNc1nccc(-c2cccnc2Oc2ccc(NC(=O)c3cccc(C=O)c3)cc2C)n1. The maximum absolute atomic E-state index is 12.5. The summed E-state index contributed by atoms with van der Waals surface area (Å²) in [5, 5.41) is 5.76. The molecular formula is C25H21N5O3. The molecule has 0 unspecified atom stereocenters. The molecule has 4 rings (SSSR count). The summed E-state index contributed by atoms with van der Waals surface area (Å²) in [5.74, 6) is 1.20. The van der Waals surface area contributed by atoms with Crippen molar-refractivity contribution in [1.82, 2.24) is 15.0 Å². The van der Waals surface area contributed by atoms with Crippen LogP contribution in [0.3, 0.4) is 0 Å². The van der Waals surface area contributed by atoms with Gasteiger partial charge in [-0.2, -0.15) is 0 Å². The number of benzene rings is 2. The number of rotatable bonds is 7. The van der Waals surface area contributed by atoms with Gasteiger partial charge in [-0.25, -0.2) is 15.0 Å². The second-order valence-electron chi connectivity index (χ2n) is 7.15. The van der Waals surface area contributed by atoms with Crippen LogP contribution in [-0.4, -0.2) is 34.2 Å². The highest BCUT2D eigenvalue weighted by Crippen LogP contribution is 2.32. The zero-order valence-electron chi connectivity index (χ0n) is 18.1. The molecule has 8 heteroatoms. The van der Waals surface area contributed by atoms with Gasteiger partial charge in [0.2, 0.25) is 11.8 Å². The number of nitrogens with one attached hydrogen (secondary N) is 2. The predicted molar refractivity (Wildman–Crippen MR) is 126 cm³/mol. The maximum atomic E-state index is 12.5. The fraction of sp³-hybridized carbons (Fsp3) is 0.0800. The Hall–Kier alpha value is -4.59. The topological polar surface area (TPSA) is 106 Å². The van der Waals surface area contributed by atoms with Crippen molar-refractivity contribution in [2.45, 2.75) is 6.92 Å². The van der Waals surface area contributed by atoms with Crippen LogP contribution in [0.2, 0.25) is 0 Å². The first-order chi connectivity index (χ1) is 16.1. The molecule has 2 aromatic heterocycles. The fourth-order valence-electron chi connectivity index (χ4n) is 3.20. The molecule has 1 amide bonds. The smallest absolute Gasteiger partial charge is 0.255 e. The lowest BCUT2D eigenvalue weighted by atomic mass is 10.1. The summed E-state index contributed by atoms with van der Waals surface area (Å²) < 4.78 is 6.10. The lowest BCUT2D eigenvalue weighted by Crippen LogP contribution is -2.12. The molecule has 0 atom stereocenters. The third kappa shape index (κ3) is 5.01. The second-order valence-corrected chi connectivity index (χ2v) is 7.15. The van der Waals surface area contributed by atoms with Gasteiger partial charge in [-0.1, -0.05) is 12.1 Å². The molecule has 0 saturated carbocycles. The van der Waals surface area contributed by atoms with Gasteiger partial charge in [-0.15, -0.1) is 0 Å². The van der Waals surface area contributed by atoms with Crippen molar-refractivity contribution in [1.29, 1.82) is 0 Å². The Morgan fingerprint density at radius 1 is 1.00 bits per heavy atom. The van der Waals surface area contributed by atoms with E-state index in [1.165, 1.54) is 0 Å². The van der Waals surface area contributed by atoms with Gasteiger partial charge in [0.1, 0.15) is 12.0 Å². The van der Waals surface area contributed by atoms with Crippen molar-refractivity contribution >= 4 is 23.8 Å². The highest BCUT2D eigenvalue weighted by Gasteiger charge is 2.13. The molecule has 0 fully saturated rings. The first kappa shape index (κ1) is 21.6. The molecule has 0 spiro atoms. The summed E-state index contributed by atoms with van der Waals surface area (Å²) >= 11 is 0. The van der Waals surface area contributed by atoms with Gasteiger partial charge in [-0.3, -0.25) is 9.59 Å². The van der Waals surface area contributed by atoms with Crippen molar-refractivity contribution in [2.75, 3.05) is 17.7 Å². The molecular weight excluding hydrogens is 418 g/mol. The number of aryl methyl sites for hydroxylation is 1. The third-order valence-corrected chi connectivity index (χ3v) is 4.85. The molecule has 0 aliphatic heterocycles. The van der Waals surface area contributed by atoms with E-state index in [1.807, 2.05) is 25.1 Å². The zero-order chi connectivity index (χ0) is 23.2. The molecule has 8 nitrogen and oxygen atoms in total. The summed E-state index contributed by atoms with van der Waals surface area (Å²) in [4.78, 5) is 36.5. The number of carbonyl (C=O) groups is 2. The number of anilines is 2. The zero-order valence-corrected chi connectivity index (χ0v) is 18.1. The van der Waals surface area contributed by atoms with Crippen molar-refractivity contribution in [3.8, 4) is 22.9 Å². The van der Waals surface area contributed by atoms with Gasteiger partial charge in [0.15, 0.2) is 0 Å². The van der Waals surface area contributed by atoms with Crippen LogP contribution >= 0.6 is 0 Å². The molecule has 2 heterocycles. The van der Waals surface area contributed by atoms with E-state index in [-0.39, 0.29) is 5.91 Å². The quantitative estimate of drug-likeness (QED) is 0.400. The highest BCUT2D eigenvalue weighted by atomic mass is 16.5. The molecule has 2 aromatic carbocycles. The van der Waals surface area contributed by atoms with E-state index in [4.69, 9.17) is 4.74 Å². The van der Waals surface area contributed by atoms with Gasteiger partial charge in [0.05, 0.1) is 11.3 Å². The average molecular weight is 439 g/mol. The van der Waals surface area contributed by atoms with Crippen molar-refractivity contribution in [3.05, 3.63) is 89.7 Å². The Morgan fingerprint density at radius 2 is 1.88 bits per heavy atom. The van der Waals surface area contributed by atoms with Crippen LogP contribution in [0.4, 0.5) is 11.6 Å². The minimum atomic E-state index is -0.303. The van der Waals surface area contributed by atoms with Gasteiger partial charge < -0.3 is 15.4 Å².